The Morgan fingerprint density at radius 3 is 2.49 bits per heavy atom. The number of hydrogen-bond acceptors (Lipinski definition) is 7. The number of benzene rings is 1. The van der Waals surface area contributed by atoms with Crippen LogP contribution < -0.4 is 10.6 Å². The second-order valence-electron chi connectivity index (χ2n) is 11.2. The highest BCUT2D eigenvalue weighted by Crippen LogP contribution is 2.28. The molecule has 10 heteroatoms. The van der Waals surface area contributed by atoms with Crippen LogP contribution in [0.5, 0.6) is 0 Å². The van der Waals surface area contributed by atoms with Crippen molar-refractivity contribution in [3.8, 4) is 0 Å². The van der Waals surface area contributed by atoms with Gasteiger partial charge in [0.15, 0.2) is 5.78 Å². The molecule has 226 valence electrons. The zero-order valence-corrected chi connectivity index (χ0v) is 24.2. The van der Waals surface area contributed by atoms with Crippen LogP contribution in [0.3, 0.4) is 0 Å². The molecule has 0 aromatic heterocycles. The predicted octanol–water partition coefficient (Wildman–Crippen LogP) is 2.93. The van der Waals surface area contributed by atoms with Crippen LogP contribution in [0.25, 0.3) is 0 Å². The van der Waals surface area contributed by atoms with E-state index in [4.69, 9.17) is 9.47 Å². The lowest BCUT2D eigenvalue weighted by Gasteiger charge is -2.33. The average Bonchev–Trinajstić information content (AvgIpc) is 2.99. The number of likely N-dealkylation sites (tertiary alicyclic amines) is 1. The van der Waals surface area contributed by atoms with Crippen LogP contribution in [0.4, 0.5) is 0 Å². The summed E-state index contributed by atoms with van der Waals surface area (Å²) in [5.41, 5.74) is 0.809. The first kappa shape index (κ1) is 32.2. The highest BCUT2D eigenvalue weighted by atomic mass is 16.5. The monoisotopic (exact) mass is 571 g/mol. The Morgan fingerprint density at radius 2 is 1.76 bits per heavy atom. The number of carbonyl (C=O) groups is 5. The fourth-order valence-corrected chi connectivity index (χ4v) is 5.43. The zero-order chi connectivity index (χ0) is 29.5. The minimum Gasteiger partial charge on any atom is -0.461 e. The van der Waals surface area contributed by atoms with Crippen molar-refractivity contribution < 1.29 is 33.4 Å². The first-order valence-electron chi connectivity index (χ1n) is 14.9. The van der Waals surface area contributed by atoms with E-state index in [1.165, 1.54) is 39.0 Å². The molecular weight excluding hydrogens is 526 g/mol. The van der Waals surface area contributed by atoms with Crippen molar-refractivity contribution in [2.45, 2.75) is 83.8 Å². The predicted molar refractivity (Wildman–Crippen MR) is 152 cm³/mol. The van der Waals surface area contributed by atoms with Crippen LogP contribution >= 0.6 is 0 Å². The molecule has 1 aliphatic heterocycles. The standard InChI is InChI=1S/C31H45N3O7/c1-23(35)21-40-18-16-32-31(39)27(19-29(37)41-22-25-11-6-3-7-12-25)33-30(38)26-13-8-17-34(20-26)28(36)15-14-24-9-4-2-5-10-24/h3,6-7,11-12,24,26-27H,2,4-5,8-10,13-22H2,1H3,(H,32,39)(H,33,38)/t26-,27+/m1/s1. The summed E-state index contributed by atoms with van der Waals surface area (Å²) in [5, 5.41) is 5.39. The first-order chi connectivity index (χ1) is 19.8. The molecular formula is C31H45N3O7. The second-order valence-corrected chi connectivity index (χ2v) is 11.2. The number of piperidine rings is 1. The Hall–Kier alpha value is -3.27. The van der Waals surface area contributed by atoms with Crippen LogP contribution in [0.15, 0.2) is 30.3 Å². The molecule has 2 atom stereocenters. The number of ether oxygens (including phenoxy) is 2. The van der Waals surface area contributed by atoms with Gasteiger partial charge < -0.3 is 25.0 Å². The first-order valence-corrected chi connectivity index (χ1v) is 14.9. The lowest BCUT2D eigenvalue weighted by molar-refractivity contribution is -0.147. The second kappa shape index (κ2) is 17.5. The van der Waals surface area contributed by atoms with Crippen LogP contribution in [0.2, 0.25) is 0 Å². The molecule has 1 aromatic carbocycles. The summed E-state index contributed by atoms with van der Waals surface area (Å²) < 4.78 is 10.5. The van der Waals surface area contributed by atoms with Gasteiger partial charge in [-0.1, -0.05) is 62.4 Å². The van der Waals surface area contributed by atoms with E-state index in [9.17, 15) is 24.0 Å². The molecule has 0 bridgehead atoms. The van der Waals surface area contributed by atoms with Crippen molar-refractivity contribution in [2.75, 3.05) is 32.8 Å². The summed E-state index contributed by atoms with van der Waals surface area (Å²) in [6, 6.07) is 8.04. The number of carbonyl (C=O) groups excluding carboxylic acids is 5. The molecule has 1 aliphatic carbocycles. The number of ketones is 1. The van der Waals surface area contributed by atoms with E-state index >= 15 is 0 Å². The molecule has 2 aliphatic rings. The molecule has 3 amide bonds. The summed E-state index contributed by atoms with van der Waals surface area (Å²) >= 11 is 0. The molecule has 2 fully saturated rings. The van der Waals surface area contributed by atoms with E-state index in [-0.39, 0.29) is 50.4 Å². The third kappa shape index (κ3) is 12.0. The molecule has 10 nitrogen and oxygen atoms in total. The van der Waals surface area contributed by atoms with Crippen LogP contribution in [0, 0.1) is 11.8 Å². The summed E-state index contributed by atoms with van der Waals surface area (Å²) in [5.74, 6) is -1.42. The van der Waals surface area contributed by atoms with Gasteiger partial charge in [0.1, 0.15) is 19.3 Å². The molecule has 1 aromatic rings. The van der Waals surface area contributed by atoms with Gasteiger partial charge in [-0.05, 0) is 37.7 Å². The molecule has 0 unspecified atom stereocenters. The molecule has 3 rings (SSSR count). The minimum atomic E-state index is -1.14. The normalized spacial score (nSPS) is 18.3. The van der Waals surface area contributed by atoms with Gasteiger partial charge in [0, 0.05) is 26.1 Å². The number of amides is 3. The van der Waals surface area contributed by atoms with E-state index < -0.39 is 23.8 Å². The number of rotatable bonds is 15. The summed E-state index contributed by atoms with van der Waals surface area (Å²) in [6.45, 7) is 2.57. The van der Waals surface area contributed by atoms with E-state index in [2.05, 4.69) is 10.6 Å². The van der Waals surface area contributed by atoms with Crippen molar-refractivity contribution in [3.05, 3.63) is 35.9 Å². The number of nitrogens with zero attached hydrogens (tertiary/aromatic N) is 1. The van der Waals surface area contributed by atoms with Gasteiger partial charge in [0.2, 0.25) is 17.7 Å². The van der Waals surface area contributed by atoms with Crippen molar-refractivity contribution in [1.29, 1.82) is 0 Å². The molecule has 41 heavy (non-hydrogen) atoms. The van der Waals surface area contributed by atoms with Gasteiger partial charge in [-0.2, -0.15) is 0 Å². The molecule has 1 heterocycles. The van der Waals surface area contributed by atoms with Crippen LogP contribution in [-0.4, -0.2) is 73.3 Å². The Bertz CT molecular complexity index is 1010. The van der Waals surface area contributed by atoms with E-state index in [1.54, 1.807) is 4.90 Å². The number of esters is 1. The SMILES string of the molecule is CC(=O)COCCNC(=O)[C@H](CC(=O)OCc1ccccc1)NC(=O)[C@@H]1CCCN(C(=O)CCC2CCCCC2)C1. The van der Waals surface area contributed by atoms with Gasteiger partial charge in [0.05, 0.1) is 18.9 Å². The quantitative estimate of drug-likeness (QED) is 0.244. The van der Waals surface area contributed by atoms with Gasteiger partial charge in [-0.15, -0.1) is 0 Å². The summed E-state index contributed by atoms with van der Waals surface area (Å²) in [4.78, 5) is 64.6. The summed E-state index contributed by atoms with van der Waals surface area (Å²) in [6.07, 6.45) is 8.52. The van der Waals surface area contributed by atoms with E-state index in [1.807, 2.05) is 30.3 Å². The maximum absolute atomic E-state index is 13.3. The molecule has 1 saturated heterocycles. The van der Waals surface area contributed by atoms with Crippen molar-refractivity contribution in [1.82, 2.24) is 15.5 Å². The highest BCUT2D eigenvalue weighted by Gasteiger charge is 2.32. The van der Waals surface area contributed by atoms with Crippen molar-refractivity contribution in [3.63, 3.8) is 0 Å². The van der Waals surface area contributed by atoms with E-state index in [0.717, 1.165) is 12.0 Å². The van der Waals surface area contributed by atoms with Gasteiger partial charge in [-0.25, -0.2) is 0 Å². The smallest absolute Gasteiger partial charge is 0.308 e. The average molecular weight is 572 g/mol. The molecule has 0 radical (unpaired) electrons. The number of Topliss-reactive ketones (excluding diaryl/α,β-unsaturated/α-hetero) is 1. The van der Waals surface area contributed by atoms with Crippen molar-refractivity contribution >= 4 is 29.5 Å². The fourth-order valence-electron chi connectivity index (χ4n) is 5.43. The third-order valence-corrected chi connectivity index (χ3v) is 7.73. The van der Waals surface area contributed by atoms with Crippen LogP contribution in [-0.2, 0) is 40.1 Å². The molecule has 2 N–H and O–H groups in total. The minimum absolute atomic E-state index is 0.0561. The van der Waals surface area contributed by atoms with E-state index in [0.29, 0.717) is 38.3 Å². The zero-order valence-electron chi connectivity index (χ0n) is 24.2. The maximum Gasteiger partial charge on any atom is 0.308 e. The third-order valence-electron chi connectivity index (χ3n) is 7.73. The maximum atomic E-state index is 13.3. The lowest BCUT2D eigenvalue weighted by Crippen LogP contribution is -2.52. The van der Waals surface area contributed by atoms with Gasteiger partial charge in [-0.3, -0.25) is 24.0 Å². The Balaban J connectivity index is 1.53. The van der Waals surface area contributed by atoms with Gasteiger partial charge in [0.25, 0.3) is 0 Å². The lowest BCUT2D eigenvalue weighted by atomic mass is 9.86. The topological polar surface area (TPSA) is 131 Å². The summed E-state index contributed by atoms with van der Waals surface area (Å²) in [7, 11) is 0. The fraction of sp³-hybridized carbons (Fsp3) is 0.645. The van der Waals surface area contributed by atoms with Gasteiger partial charge >= 0.3 is 5.97 Å². The Labute approximate surface area is 242 Å². The largest absolute Gasteiger partial charge is 0.461 e. The Morgan fingerprint density at radius 1 is 1.00 bits per heavy atom. The number of nitrogens with one attached hydrogen (secondary N) is 2. The van der Waals surface area contributed by atoms with Crippen molar-refractivity contribution in [2.24, 2.45) is 11.8 Å². The number of hydrogen-bond donors (Lipinski definition) is 2. The van der Waals surface area contributed by atoms with Crippen LogP contribution in [0.1, 0.15) is 76.7 Å². The Kier molecular flexibility index (Phi) is 13.8. The highest BCUT2D eigenvalue weighted by molar-refractivity contribution is 5.91. The molecule has 1 saturated carbocycles. The molecule has 0 spiro atoms.